The minimum Gasteiger partial charge on any atom is -0.312 e. The molecule has 2 unspecified atom stereocenters. The topological polar surface area (TPSA) is 58.4 Å². The summed E-state index contributed by atoms with van der Waals surface area (Å²) in [7, 11) is 0. The Labute approximate surface area is 119 Å². The maximum absolute atomic E-state index is 10.8. The molecule has 0 spiro atoms. The van der Waals surface area contributed by atoms with Crippen molar-refractivity contribution in [2.24, 2.45) is 0 Å². The summed E-state index contributed by atoms with van der Waals surface area (Å²) in [5.41, 5.74) is 1.24. The highest BCUT2D eigenvalue weighted by atomic mass is 16.6. The van der Waals surface area contributed by atoms with Crippen LogP contribution in [0, 0.1) is 10.1 Å². The molecule has 2 heterocycles. The van der Waals surface area contributed by atoms with E-state index < -0.39 is 0 Å². The van der Waals surface area contributed by atoms with Crippen LogP contribution in [0.3, 0.4) is 0 Å². The molecule has 2 atom stereocenters. The van der Waals surface area contributed by atoms with E-state index in [0.717, 1.165) is 25.2 Å². The van der Waals surface area contributed by atoms with Crippen molar-refractivity contribution in [2.75, 3.05) is 13.1 Å². The summed E-state index contributed by atoms with van der Waals surface area (Å²) in [4.78, 5) is 13.0. The van der Waals surface area contributed by atoms with E-state index in [1.54, 1.807) is 18.2 Å². The molecule has 2 aliphatic heterocycles. The average molecular weight is 275 g/mol. The largest absolute Gasteiger partial charge is 0.312 e. The van der Waals surface area contributed by atoms with Gasteiger partial charge in [-0.3, -0.25) is 15.0 Å². The highest BCUT2D eigenvalue weighted by Crippen LogP contribution is 2.27. The average Bonchev–Trinajstić information content (AvgIpc) is 3.09. The minimum atomic E-state index is -0.316. The first kappa shape index (κ1) is 13.5. The summed E-state index contributed by atoms with van der Waals surface area (Å²) >= 11 is 0. The Hall–Kier alpha value is -1.46. The summed E-state index contributed by atoms with van der Waals surface area (Å²) < 4.78 is 0. The molecule has 3 rings (SSSR count). The number of nitro groups is 1. The van der Waals surface area contributed by atoms with Crippen LogP contribution in [0.5, 0.6) is 0 Å². The molecule has 5 heteroatoms. The lowest BCUT2D eigenvalue weighted by Gasteiger charge is -2.29. The van der Waals surface area contributed by atoms with Crippen LogP contribution >= 0.6 is 0 Å². The van der Waals surface area contributed by atoms with E-state index in [9.17, 15) is 10.1 Å². The van der Waals surface area contributed by atoms with E-state index in [2.05, 4.69) is 10.2 Å². The zero-order valence-corrected chi connectivity index (χ0v) is 11.6. The number of likely N-dealkylation sites (tertiary alicyclic amines) is 1. The van der Waals surface area contributed by atoms with Crippen LogP contribution in [0.25, 0.3) is 0 Å². The zero-order valence-electron chi connectivity index (χ0n) is 11.6. The summed E-state index contributed by atoms with van der Waals surface area (Å²) in [6, 6.07) is 8.24. The van der Waals surface area contributed by atoms with Crippen LogP contribution < -0.4 is 5.32 Å². The second kappa shape index (κ2) is 5.89. The fourth-order valence-electron chi connectivity index (χ4n) is 3.55. The zero-order chi connectivity index (χ0) is 13.9. The molecule has 2 aliphatic rings. The second-order valence-electron chi connectivity index (χ2n) is 5.81. The van der Waals surface area contributed by atoms with Crippen molar-refractivity contribution < 1.29 is 4.92 Å². The van der Waals surface area contributed by atoms with Crippen molar-refractivity contribution in [3.05, 3.63) is 39.9 Å². The van der Waals surface area contributed by atoms with Gasteiger partial charge in [-0.1, -0.05) is 12.1 Å². The van der Waals surface area contributed by atoms with Gasteiger partial charge in [-0.05, 0) is 44.3 Å². The molecule has 2 fully saturated rings. The fraction of sp³-hybridized carbons (Fsp3) is 0.600. The van der Waals surface area contributed by atoms with Gasteiger partial charge in [0, 0.05) is 30.8 Å². The lowest BCUT2D eigenvalue weighted by atomic mass is 10.0. The third kappa shape index (κ3) is 2.83. The van der Waals surface area contributed by atoms with Crippen molar-refractivity contribution in [1.82, 2.24) is 10.2 Å². The van der Waals surface area contributed by atoms with Gasteiger partial charge in [-0.15, -0.1) is 0 Å². The van der Waals surface area contributed by atoms with Gasteiger partial charge in [0.1, 0.15) is 0 Å². The predicted molar refractivity (Wildman–Crippen MR) is 77.6 cm³/mol. The van der Waals surface area contributed by atoms with Gasteiger partial charge in [0.15, 0.2) is 0 Å². The summed E-state index contributed by atoms with van der Waals surface area (Å²) in [6.07, 6.45) is 5.01. The van der Waals surface area contributed by atoms with Gasteiger partial charge in [0.2, 0.25) is 0 Å². The molecule has 20 heavy (non-hydrogen) atoms. The first-order chi connectivity index (χ1) is 9.74. The van der Waals surface area contributed by atoms with Crippen LogP contribution in [0.1, 0.15) is 31.2 Å². The third-order valence-electron chi connectivity index (χ3n) is 4.48. The Morgan fingerprint density at radius 3 is 3.00 bits per heavy atom. The smallest absolute Gasteiger partial charge is 0.269 e. The highest BCUT2D eigenvalue weighted by molar-refractivity contribution is 5.34. The number of hydrogen-bond acceptors (Lipinski definition) is 4. The lowest BCUT2D eigenvalue weighted by molar-refractivity contribution is -0.384. The van der Waals surface area contributed by atoms with Crippen LogP contribution in [-0.4, -0.2) is 35.0 Å². The number of nitrogens with zero attached hydrogens (tertiary/aromatic N) is 2. The SMILES string of the molecule is O=[N+]([O-])c1cccc(CN2CCCC2C2CCCN2)c1. The summed E-state index contributed by atoms with van der Waals surface area (Å²) in [5, 5.41) is 14.4. The van der Waals surface area contributed by atoms with Gasteiger partial charge < -0.3 is 5.32 Å². The number of nitro benzene ring substituents is 1. The molecule has 0 amide bonds. The summed E-state index contributed by atoms with van der Waals surface area (Å²) in [6.45, 7) is 3.06. The van der Waals surface area contributed by atoms with Gasteiger partial charge >= 0.3 is 0 Å². The highest BCUT2D eigenvalue weighted by Gasteiger charge is 2.33. The maximum atomic E-state index is 10.8. The third-order valence-corrected chi connectivity index (χ3v) is 4.48. The van der Waals surface area contributed by atoms with Crippen molar-refractivity contribution in [3.8, 4) is 0 Å². The predicted octanol–water partition coefficient (Wildman–Crippen LogP) is 2.31. The second-order valence-corrected chi connectivity index (χ2v) is 5.81. The van der Waals surface area contributed by atoms with Crippen molar-refractivity contribution in [1.29, 1.82) is 0 Å². The Bertz CT molecular complexity index is 486. The van der Waals surface area contributed by atoms with Gasteiger partial charge in [0.05, 0.1) is 4.92 Å². The van der Waals surface area contributed by atoms with Crippen LogP contribution in [0.2, 0.25) is 0 Å². The molecule has 1 aromatic rings. The van der Waals surface area contributed by atoms with Gasteiger partial charge in [-0.25, -0.2) is 0 Å². The van der Waals surface area contributed by atoms with Crippen molar-refractivity contribution >= 4 is 5.69 Å². The molecule has 108 valence electrons. The van der Waals surface area contributed by atoms with E-state index in [1.165, 1.54) is 25.7 Å². The molecule has 5 nitrogen and oxygen atoms in total. The molecule has 0 aliphatic carbocycles. The fourth-order valence-corrected chi connectivity index (χ4v) is 3.55. The Morgan fingerprint density at radius 2 is 2.25 bits per heavy atom. The first-order valence-corrected chi connectivity index (χ1v) is 7.45. The molecule has 0 aromatic heterocycles. The van der Waals surface area contributed by atoms with Gasteiger partial charge in [-0.2, -0.15) is 0 Å². The number of benzene rings is 1. The van der Waals surface area contributed by atoms with Crippen LogP contribution in [-0.2, 0) is 6.54 Å². The van der Waals surface area contributed by atoms with Crippen molar-refractivity contribution in [3.63, 3.8) is 0 Å². The standard InChI is InChI=1S/C15H21N3O2/c19-18(20)13-5-1-4-12(10-13)11-17-9-3-7-15(17)14-6-2-8-16-14/h1,4-5,10,14-16H,2-3,6-9,11H2. The van der Waals surface area contributed by atoms with Gasteiger partial charge in [0.25, 0.3) is 5.69 Å². The molecule has 0 saturated carbocycles. The molecule has 1 N–H and O–H groups in total. The molecule has 1 aromatic carbocycles. The Balaban J connectivity index is 1.69. The van der Waals surface area contributed by atoms with E-state index in [0.29, 0.717) is 12.1 Å². The number of nitrogens with one attached hydrogen (secondary N) is 1. The Kier molecular flexibility index (Phi) is 3.98. The molecule has 2 saturated heterocycles. The monoisotopic (exact) mass is 275 g/mol. The van der Waals surface area contributed by atoms with Crippen LogP contribution in [0.15, 0.2) is 24.3 Å². The number of rotatable bonds is 4. The lowest BCUT2D eigenvalue weighted by Crippen LogP contribution is -2.43. The summed E-state index contributed by atoms with van der Waals surface area (Å²) in [5.74, 6) is 0. The number of hydrogen-bond donors (Lipinski definition) is 1. The molecular formula is C15H21N3O2. The molecule has 0 bridgehead atoms. The quantitative estimate of drug-likeness (QED) is 0.676. The van der Waals surface area contributed by atoms with E-state index >= 15 is 0 Å². The molecular weight excluding hydrogens is 254 g/mol. The normalized spacial score (nSPS) is 27.0. The van der Waals surface area contributed by atoms with E-state index in [1.807, 2.05) is 6.07 Å². The van der Waals surface area contributed by atoms with Crippen molar-refractivity contribution in [2.45, 2.75) is 44.3 Å². The Morgan fingerprint density at radius 1 is 1.35 bits per heavy atom. The number of non-ortho nitro benzene ring substituents is 1. The molecule has 0 radical (unpaired) electrons. The van der Waals surface area contributed by atoms with E-state index in [4.69, 9.17) is 0 Å². The minimum absolute atomic E-state index is 0.192. The maximum Gasteiger partial charge on any atom is 0.269 e. The first-order valence-electron chi connectivity index (χ1n) is 7.45. The van der Waals surface area contributed by atoms with Crippen LogP contribution in [0.4, 0.5) is 5.69 Å². The van der Waals surface area contributed by atoms with E-state index in [-0.39, 0.29) is 10.6 Å².